The van der Waals surface area contributed by atoms with E-state index in [-0.39, 0.29) is 23.8 Å². The Labute approximate surface area is 207 Å². The van der Waals surface area contributed by atoms with Crippen molar-refractivity contribution in [2.24, 2.45) is 0 Å². The number of carbonyl (C=O) groups excluding carboxylic acids is 2. The van der Waals surface area contributed by atoms with Gasteiger partial charge in [0.05, 0.1) is 26.1 Å². The standard InChI is InChI=1S/C26H27N5O5/c1-16(32)17-4-6-18(7-5-17)29-8-10-30(11-9-29)23(33)14-31-15-27-24-19-12-21(35-2)22(36-3)13-20(19)28-25(24)26(31)34/h4-7,12-13,15,28H,8-11,14H2,1-3H3. The van der Waals surface area contributed by atoms with E-state index in [1.54, 1.807) is 38.2 Å². The van der Waals surface area contributed by atoms with E-state index >= 15 is 0 Å². The van der Waals surface area contributed by atoms with Gasteiger partial charge in [-0.3, -0.25) is 19.0 Å². The van der Waals surface area contributed by atoms with Gasteiger partial charge in [-0.2, -0.15) is 0 Å². The summed E-state index contributed by atoms with van der Waals surface area (Å²) in [4.78, 5) is 49.2. The van der Waals surface area contributed by atoms with E-state index in [9.17, 15) is 14.4 Å². The van der Waals surface area contributed by atoms with Gasteiger partial charge in [-0.25, -0.2) is 4.98 Å². The molecule has 0 bridgehead atoms. The molecule has 0 unspecified atom stereocenters. The third-order valence-corrected chi connectivity index (χ3v) is 6.65. The summed E-state index contributed by atoms with van der Waals surface area (Å²) in [6.45, 7) is 3.89. The predicted octanol–water partition coefficient (Wildman–Crippen LogP) is 2.45. The molecule has 4 aromatic rings. The molecule has 0 aliphatic carbocycles. The van der Waals surface area contributed by atoms with Crippen LogP contribution in [0, 0.1) is 0 Å². The van der Waals surface area contributed by atoms with Gasteiger partial charge in [0.25, 0.3) is 5.56 Å². The molecule has 10 nitrogen and oxygen atoms in total. The molecule has 10 heteroatoms. The minimum atomic E-state index is -0.313. The lowest BCUT2D eigenvalue weighted by Crippen LogP contribution is -2.50. The van der Waals surface area contributed by atoms with E-state index in [4.69, 9.17) is 9.47 Å². The summed E-state index contributed by atoms with van der Waals surface area (Å²) in [5.74, 6) is 0.984. The summed E-state index contributed by atoms with van der Waals surface area (Å²) in [5, 5.41) is 0.741. The fraction of sp³-hybridized carbons (Fsp3) is 0.308. The predicted molar refractivity (Wildman–Crippen MR) is 136 cm³/mol. The highest BCUT2D eigenvalue weighted by Crippen LogP contribution is 2.34. The van der Waals surface area contributed by atoms with Crippen LogP contribution in [-0.2, 0) is 11.3 Å². The molecular weight excluding hydrogens is 462 g/mol. The molecule has 0 atom stereocenters. The first-order valence-electron chi connectivity index (χ1n) is 11.7. The summed E-state index contributed by atoms with van der Waals surface area (Å²) < 4.78 is 12.1. The summed E-state index contributed by atoms with van der Waals surface area (Å²) in [6, 6.07) is 11.0. The molecule has 1 aliphatic rings. The molecule has 0 radical (unpaired) electrons. The summed E-state index contributed by atoms with van der Waals surface area (Å²) in [6.07, 6.45) is 1.42. The second kappa shape index (κ2) is 9.37. The number of fused-ring (bicyclic) bond motifs is 3. The minimum Gasteiger partial charge on any atom is -0.493 e. The third kappa shape index (κ3) is 4.15. The zero-order valence-electron chi connectivity index (χ0n) is 20.4. The van der Waals surface area contributed by atoms with Crippen LogP contribution in [-0.4, -0.2) is 71.5 Å². The quantitative estimate of drug-likeness (QED) is 0.414. The van der Waals surface area contributed by atoms with Gasteiger partial charge >= 0.3 is 0 Å². The fourth-order valence-corrected chi connectivity index (χ4v) is 4.60. The number of Topliss-reactive ketones (excluding diaryl/α,β-unsaturated/α-hetero) is 1. The van der Waals surface area contributed by atoms with Gasteiger partial charge in [-0.15, -0.1) is 0 Å². The summed E-state index contributed by atoms with van der Waals surface area (Å²) >= 11 is 0. The maximum absolute atomic E-state index is 13.2. The Hall–Kier alpha value is -4.34. The number of hydrogen-bond donors (Lipinski definition) is 1. The molecule has 0 spiro atoms. The van der Waals surface area contributed by atoms with Gasteiger partial charge in [0, 0.05) is 48.9 Å². The van der Waals surface area contributed by atoms with Gasteiger partial charge in [0.2, 0.25) is 5.91 Å². The lowest BCUT2D eigenvalue weighted by molar-refractivity contribution is -0.132. The van der Waals surface area contributed by atoms with Crippen molar-refractivity contribution >= 4 is 39.3 Å². The van der Waals surface area contributed by atoms with Gasteiger partial charge < -0.3 is 24.3 Å². The largest absolute Gasteiger partial charge is 0.493 e. The van der Waals surface area contributed by atoms with Crippen molar-refractivity contribution < 1.29 is 19.1 Å². The van der Waals surface area contributed by atoms with Crippen molar-refractivity contribution in [3.63, 3.8) is 0 Å². The van der Waals surface area contributed by atoms with E-state index in [0.29, 0.717) is 59.8 Å². The molecule has 5 rings (SSSR count). The number of aromatic nitrogens is 3. The maximum atomic E-state index is 13.2. The Balaban J connectivity index is 1.31. The summed E-state index contributed by atoms with van der Waals surface area (Å²) in [5.41, 5.74) is 2.93. The van der Waals surface area contributed by atoms with Crippen molar-refractivity contribution in [2.75, 3.05) is 45.3 Å². The van der Waals surface area contributed by atoms with Crippen molar-refractivity contribution in [3.05, 3.63) is 58.6 Å². The molecule has 186 valence electrons. The van der Waals surface area contributed by atoms with Gasteiger partial charge in [0.15, 0.2) is 17.3 Å². The normalized spacial score (nSPS) is 13.9. The molecule has 1 amide bonds. The number of H-pyrrole nitrogens is 1. The SMILES string of the molecule is COc1cc2[nH]c3c(=O)n(CC(=O)N4CCN(c5ccc(C(C)=O)cc5)CC4)cnc3c2cc1OC. The molecule has 3 heterocycles. The molecule has 2 aromatic carbocycles. The lowest BCUT2D eigenvalue weighted by atomic mass is 10.1. The second-order valence-electron chi connectivity index (χ2n) is 8.75. The number of methoxy groups -OCH3 is 2. The van der Waals surface area contributed by atoms with E-state index in [0.717, 1.165) is 11.1 Å². The number of benzene rings is 2. The molecule has 1 fully saturated rings. The van der Waals surface area contributed by atoms with Gasteiger partial charge in [-0.1, -0.05) is 0 Å². The van der Waals surface area contributed by atoms with Crippen molar-refractivity contribution in [3.8, 4) is 11.5 Å². The number of nitrogens with zero attached hydrogens (tertiary/aromatic N) is 4. The number of amides is 1. The number of ether oxygens (including phenoxy) is 2. The number of anilines is 1. The Bertz CT molecular complexity index is 1510. The minimum absolute atomic E-state index is 0.0341. The number of rotatable bonds is 6. The lowest BCUT2D eigenvalue weighted by Gasteiger charge is -2.36. The molecule has 0 saturated carbocycles. The first kappa shape index (κ1) is 23.4. The number of ketones is 1. The Morgan fingerprint density at radius 1 is 1.00 bits per heavy atom. The topological polar surface area (TPSA) is 110 Å². The maximum Gasteiger partial charge on any atom is 0.278 e. The zero-order valence-corrected chi connectivity index (χ0v) is 20.4. The third-order valence-electron chi connectivity index (χ3n) is 6.65. The Kier molecular flexibility index (Phi) is 6.09. The molecular formula is C26H27N5O5. The summed E-state index contributed by atoms with van der Waals surface area (Å²) in [7, 11) is 3.10. The van der Waals surface area contributed by atoms with Crippen molar-refractivity contribution in [2.45, 2.75) is 13.5 Å². The molecule has 1 saturated heterocycles. The molecule has 1 N–H and O–H groups in total. The van der Waals surface area contributed by atoms with E-state index in [1.165, 1.54) is 10.9 Å². The monoisotopic (exact) mass is 489 g/mol. The van der Waals surface area contributed by atoms with Crippen LogP contribution >= 0.6 is 0 Å². The van der Waals surface area contributed by atoms with Crippen molar-refractivity contribution in [1.82, 2.24) is 19.4 Å². The van der Waals surface area contributed by atoms with Crippen LogP contribution in [0.15, 0.2) is 47.5 Å². The zero-order chi connectivity index (χ0) is 25.4. The molecule has 1 aliphatic heterocycles. The average Bonchev–Trinajstić information content (AvgIpc) is 3.27. The highest BCUT2D eigenvalue weighted by molar-refractivity contribution is 6.05. The number of piperazine rings is 1. The van der Waals surface area contributed by atoms with E-state index in [1.807, 2.05) is 24.3 Å². The number of nitrogens with one attached hydrogen (secondary N) is 1. The molecule has 36 heavy (non-hydrogen) atoms. The van der Waals surface area contributed by atoms with Crippen LogP contribution in [0.5, 0.6) is 11.5 Å². The number of aromatic amines is 1. The van der Waals surface area contributed by atoms with Crippen LogP contribution < -0.4 is 19.9 Å². The van der Waals surface area contributed by atoms with Gasteiger partial charge in [-0.05, 0) is 37.3 Å². The van der Waals surface area contributed by atoms with Gasteiger partial charge in [0.1, 0.15) is 17.6 Å². The van der Waals surface area contributed by atoms with Crippen LogP contribution in [0.1, 0.15) is 17.3 Å². The van der Waals surface area contributed by atoms with Crippen LogP contribution in [0.4, 0.5) is 5.69 Å². The van der Waals surface area contributed by atoms with E-state index in [2.05, 4.69) is 14.9 Å². The van der Waals surface area contributed by atoms with Crippen molar-refractivity contribution in [1.29, 1.82) is 0 Å². The first-order chi connectivity index (χ1) is 17.4. The first-order valence-corrected chi connectivity index (χ1v) is 11.7. The van der Waals surface area contributed by atoms with E-state index < -0.39 is 0 Å². The highest BCUT2D eigenvalue weighted by atomic mass is 16.5. The second-order valence-corrected chi connectivity index (χ2v) is 8.75. The number of hydrogen-bond acceptors (Lipinski definition) is 7. The Morgan fingerprint density at radius 3 is 2.31 bits per heavy atom. The highest BCUT2D eigenvalue weighted by Gasteiger charge is 2.23. The number of carbonyl (C=O) groups is 2. The van der Waals surface area contributed by atoms with Crippen LogP contribution in [0.2, 0.25) is 0 Å². The fourth-order valence-electron chi connectivity index (χ4n) is 4.60. The molecule has 2 aromatic heterocycles. The average molecular weight is 490 g/mol. The van der Waals surface area contributed by atoms with Crippen LogP contribution in [0.25, 0.3) is 21.9 Å². The Morgan fingerprint density at radius 2 is 1.67 bits per heavy atom. The smallest absolute Gasteiger partial charge is 0.278 e. The van der Waals surface area contributed by atoms with Crippen LogP contribution in [0.3, 0.4) is 0 Å².